The molecule has 8 nitrogen and oxygen atoms in total. The quantitative estimate of drug-likeness (QED) is 0.622. The molecule has 2 heterocycles. The summed E-state index contributed by atoms with van der Waals surface area (Å²) in [5.41, 5.74) is 7.08. The van der Waals surface area contributed by atoms with E-state index >= 15 is 0 Å². The van der Waals surface area contributed by atoms with Crippen LogP contribution in [0.3, 0.4) is 0 Å². The minimum Gasteiger partial charge on any atom is -0.445 e. The first-order valence-corrected chi connectivity index (χ1v) is 11.0. The van der Waals surface area contributed by atoms with Crippen molar-refractivity contribution in [1.82, 2.24) is 21.1 Å². The summed E-state index contributed by atoms with van der Waals surface area (Å²) >= 11 is 0. The van der Waals surface area contributed by atoms with Crippen LogP contribution in [0.15, 0.2) is 60.7 Å². The highest BCUT2D eigenvalue weighted by atomic mass is 16.6. The molecule has 2 aliphatic rings. The third kappa shape index (κ3) is 5.26. The molecule has 4 rings (SSSR count). The maximum absolute atomic E-state index is 12.7. The summed E-state index contributed by atoms with van der Waals surface area (Å²) in [6, 6.07) is 19.0. The van der Waals surface area contributed by atoms with Crippen molar-refractivity contribution in [3.8, 4) is 0 Å². The third-order valence-electron chi connectivity index (χ3n) is 5.99. The molecule has 0 spiro atoms. The fourth-order valence-electron chi connectivity index (χ4n) is 4.13. The predicted molar refractivity (Wildman–Crippen MR) is 118 cm³/mol. The van der Waals surface area contributed by atoms with Crippen molar-refractivity contribution in [3.05, 3.63) is 71.8 Å². The van der Waals surface area contributed by atoms with Gasteiger partial charge in [-0.15, -0.1) is 0 Å². The van der Waals surface area contributed by atoms with Gasteiger partial charge < -0.3 is 15.0 Å². The van der Waals surface area contributed by atoms with Gasteiger partial charge in [0.1, 0.15) is 6.61 Å². The van der Waals surface area contributed by atoms with Gasteiger partial charge in [-0.05, 0) is 30.5 Å². The number of likely N-dealkylation sites (tertiary alicyclic amines) is 1. The highest BCUT2D eigenvalue weighted by molar-refractivity contribution is 5.88. The van der Waals surface area contributed by atoms with Crippen molar-refractivity contribution in [3.63, 3.8) is 0 Å². The van der Waals surface area contributed by atoms with Gasteiger partial charge in [-0.1, -0.05) is 60.7 Å². The first kappa shape index (κ1) is 21.8. The van der Waals surface area contributed by atoms with Crippen molar-refractivity contribution in [2.24, 2.45) is 5.92 Å². The van der Waals surface area contributed by atoms with Gasteiger partial charge in [-0.25, -0.2) is 4.79 Å². The molecule has 32 heavy (non-hydrogen) atoms. The molecule has 3 amide bonds. The molecule has 0 bridgehead atoms. The van der Waals surface area contributed by atoms with Crippen molar-refractivity contribution >= 4 is 17.9 Å². The normalized spacial score (nSPS) is 20.7. The van der Waals surface area contributed by atoms with Crippen LogP contribution in [-0.2, 0) is 20.9 Å². The number of ether oxygens (including phenoxy) is 1. The van der Waals surface area contributed by atoms with Gasteiger partial charge in [0.2, 0.25) is 5.91 Å². The van der Waals surface area contributed by atoms with Crippen LogP contribution in [0.1, 0.15) is 29.9 Å². The molecule has 168 valence electrons. The second-order valence-electron chi connectivity index (χ2n) is 8.21. The minimum atomic E-state index is -0.445. The average Bonchev–Trinajstić information content (AvgIpc) is 2.81. The Hall–Kier alpha value is -3.39. The fraction of sp³-hybridized carbons (Fsp3) is 0.375. The molecule has 2 saturated heterocycles. The summed E-state index contributed by atoms with van der Waals surface area (Å²) in [5.74, 6) is -0.882. The van der Waals surface area contributed by atoms with Crippen LogP contribution in [0, 0.1) is 5.92 Å². The van der Waals surface area contributed by atoms with Gasteiger partial charge in [-0.3, -0.25) is 20.4 Å². The Bertz CT molecular complexity index is 932. The number of carbonyl (C=O) groups is 3. The van der Waals surface area contributed by atoms with Gasteiger partial charge in [0.05, 0.1) is 12.0 Å². The Morgan fingerprint density at radius 2 is 1.59 bits per heavy atom. The first-order chi connectivity index (χ1) is 15.6. The molecule has 0 aromatic heterocycles. The molecular formula is C24H28N4O4. The van der Waals surface area contributed by atoms with Crippen molar-refractivity contribution in [2.45, 2.75) is 31.4 Å². The molecule has 2 unspecified atom stereocenters. The van der Waals surface area contributed by atoms with Gasteiger partial charge in [-0.2, -0.15) is 0 Å². The van der Waals surface area contributed by atoms with Crippen LogP contribution in [0.4, 0.5) is 4.79 Å². The van der Waals surface area contributed by atoms with Crippen LogP contribution in [0.2, 0.25) is 0 Å². The maximum atomic E-state index is 12.7. The molecule has 0 saturated carbocycles. The monoisotopic (exact) mass is 436 g/mol. The molecule has 8 heteroatoms. The number of hydrogen-bond donors (Lipinski definition) is 3. The number of nitrogens with zero attached hydrogens (tertiary/aromatic N) is 1. The molecule has 2 aromatic rings. The van der Waals surface area contributed by atoms with E-state index < -0.39 is 12.1 Å². The predicted octanol–water partition coefficient (Wildman–Crippen LogP) is 1.94. The molecule has 0 radical (unpaired) electrons. The van der Waals surface area contributed by atoms with E-state index in [-0.39, 0.29) is 43.3 Å². The summed E-state index contributed by atoms with van der Waals surface area (Å²) in [6.45, 7) is 1.49. The lowest BCUT2D eigenvalue weighted by molar-refractivity contribution is -0.135. The van der Waals surface area contributed by atoms with E-state index in [1.165, 1.54) is 4.90 Å². The van der Waals surface area contributed by atoms with Crippen molar-refractivity contribution in [1.29, 1.82) is 0 Å². The number of benzene rings is 2. The number of amides is 3. The Labute approximate surface area is 187 Å². The number of hydrogen-bond acceptors (Lipinski definition) is 5. The zero-order chi connectivity index (χ0) is 22.3. The second kappa shape index (κ2) is 10.3. The molecule has 3 N–H and O–H groups in total. The van der Waals surface area contributed by atoms with Crippen molar-refractivity contribution in [2.75, 3.05) is 19.6 Å². The van der Waals surface area contributed by atoms with Gasteiger partial charge in [0.15, 0.2) is 0 Å². The number of rotatable bonds is 5. The lowest BCUT2D eigenvalue weighted by Gasteiger charge is -2.37. The molecular weight excluding hydrogens is 408 g/mol. The smallest absolute Gasteiger partial charge is 0.410 e. The molecule has 2 aliphatic heterocycles. The van der Waals surface area contributed by atoms with E-state index in [0.29, 0.717) is 0 Å². The minimum absolute atomic E-state index is 0.0560. The second-order valence-corrected chi connectivity index (χ2v) is 8.21. The molecule has 0 aliphatic carbocycles. The summed E-state index contributed by atoms with van der Waals surface area (Å²) in [4.78, 5) is 38.7. The Morgan fingerprint density at radius 1 is 0.938 bits per heavy atom. The van der Waals surface area contributed by atoms with Crippen molar-refractivity contribution < 1.29 is 19.1 Å². The van der Waals surface area contributed by atoms with Crippen LogP contribution in [0.25, 0.3) is 0 Å². The zero-order valence-corrected chi connectivity index (χ0v) is 17.8. The summed E-state index contributed by atoms with van der Waals surface area (Å²) in [7, 11) is 0. The molecule has 2 atom stereocenters. The number of carbonyl (C=O) groups excluding carboxylic acids is 3. The van der Waals surface area contributed by atoms with Gasteiger partial charge in [0.25, 0.3) is 5.91 Å². The highest BCUT2D eigenvalue weighted by Crippen LogP contribution is 2.28. The lowest BCUT2D eigenvalue weighted by Crippen LogP contribution is -2.60. The lowest BCUT2D eigenvalue weighted by atomic mass is 9.84. The SMILES string of the molecule is O=C(NNC(=O)C1NCCCC1c1ccccc1)C1CN(C(=O)OCc2ccccc2)C1. The zero-order valence-electron chi connectivity index (χ0n) is 17.8. The summed E-state index contributed by atoms with van der Waals surface area (Å²) in [6.07, 6.45) is 1.46. The Balaban J connectivity index is 1.20. The van der Waals surface area contributed by atoms with E-state index in [9.17, 15) is 14.4 Å². The number of hydrazine groups is 1. The fourth-order valence-corrected chi connectivity index (χ4v) is 4.13. The Kier molecular flexibility index (Phi) is 7.01. The number of piperidine rings is 1. The topological polar surface area (TPSA) is 99.8 Å². The van der Waals surface area contributed by atoms with E-state index in [4.69, 9.17) is 4.74 Å². The van der Waals surface area contributed by atoms with Gasteiger partial charge >= 0.3 is 6.09 Å². The van der Waals surface area contributed by atoms with E-state index in [1.54, 1.807) is 0 Å². The maximum Gasteiger partial charge on any atom is 0.410 e. The van der Waals surface area contributed by atoms with Gasteiger partial charge in [0, 0.05) is 19.0 Å². The molecule has 2 fully saturated rings. The average molecular weight is 437 g/mol. The van der Waals surface area contributed by atoms with E-state index in [1.807, 2.05) is 60.7 Å². The standard InChI is InChI=1S/C24H28N4O4/c29-22(19-14-28(15-19)24(31)32-16-17-8-3-1-4-9-17)26-27-23(30)21-20(12-7-13-25-21)18-10-5-2-6-11-18/h1-6,8-11,19-21,25H,7,12-16H2,(H,26,29)(H,27,30). The van der Waals surface area contributed by atoms with Crippen LogP contribution in [0.5, 0.6) is 0 Å². The van der Waals surface area contributed by atoms with Crippen LogP contribution < -0.4 is 16.2 Å². The summed E-state index contributed by atoms with van der Waals surface area (Å²) in [5, 5.41) is 3.27. The van der Waals surface area contributed by atoms with Crippen LogP contribution >= 0.6 is 0 Å². The Morgan fingerprint density at radius 3 is 2.31 bits per heavy atom. The van der Waals surface area contributed by atoms with Crippen LogP contribution in [-0.4, -0.2) is 48.5 Å². The largest absolute Gasteiger partial charge is 0.445 e. The van der Waals surface area contributed by atoms with E-state index in [2.05, 4.69) is 16.2 Å². The summed E-state index contributed by atoms with van der Waals surface area (Å²) < 4.78 is 5.27. The molecule has 2 aromatic carbocycles. The van der Waals surface area contributed by atoms with E-state index in [0.717, 1.165) is 30.5 Å². The third-order valence-corrected chi connectivity index (χ3v) is 5.99. The first-order valence-electron chi connectivity index (χ1n) is 11.0. The highest BCUT2D eigenvalue weighted by Gasteiger charge is 2.37. The number of nitrogens with one attached hydrogen (secondary N) is 3.